The van der Waals surface area contributed by atoms with Crippen LogP contribution in [0.15, 0.2) is 34.5 Å². The minimum Gasteiger partial charge on any atom is -0.396 e. The number of alkyl halides is 1. The van der Waals surface area contributed by atoms with Crippen LogP contribution in [-0.2, 0) is 37.1 Å². The van der Waals surface area contributed by atoms with E-state index in [1.807, 2.05) is 4.98 Å². The highest BCUT2D eigenvalue weighted by atomic mass is 32.7. The molecule has 0 bridgehead atoms. The molecule has 0 aliphatic carbocycles. The second kappa shape index (κ2) is 14.4. The van der Waals surface area contributed by atoms with Crippen LogP contribution in [0.4, 0.5) is 10.2 Å². The average Bonchev–Trinajstić information content (AvgIpc) is 3.69. The van der Waals surface area contributed by atoms with Crippen molar-refractivity contribution >= 4 is 43.8 Å². The highest BCUT2D eigenvalue weighted by Gasteiger charge is 2.52. The number of hydrogen-bond acceptors (Lipinski definition) is 17. The molecule has 45 heavy (non-hydrogen) atoms. The largest absolute Gasteiger partial charge is 0.502 e. The number of anilines is 1. The maximum atomic E-state index is 15.5. The molecule has 2 saturated heterocycles. The molecular formula is C22H28FN7O12P2S. The predicted molar refractivity (Wildman–Crippen MR) is 152 cm³/mol. The fraction of sp³-hybridized carbons (Fsp3) is 0.591. The number of fused-ring (bicyclic) bond motifs is 1. The molecule has 0 aromatic carbocycles. The van der Waals surface area contributed by atoms with E-state index in [0.29, 0.717) is 0 Å². The van der Waals surface area contributed by atoms with Gasteiger partial charge in [0.05, 0.1) is 19.0 Å². The van der Waals surface area contributed by atoms with Crippen LogP contribution in [0, 0.1) is 5.92 Å². The Kier molecular flexibility index (Phi) is 10.8. The normalized spacial score (nSPS) is 29.9. The van der Waals surface area contributed by atoms with E-state index in [0.717, 1.165) is 28.2 Å². The molecule has 0 radical (unpaired) electrons. The number of aromatic amines is 1. The van der Waals surface area contributed by atoms with E-state index in [1.54, 1.807) is 0 Å². The van der Waals surface area contributed by atoms with Crippen LogP contribution in [0.2, 0.25) is 0 Å². The molecule has 2 fully saturated rings. The molecule has 9 atom stereocenters. The number of nitrogens with two attached hydrogens (primary N) is 1. The van der Waals surface area contributed by atoms with Gasteiger partial charge in [-0.15, -0.1) is 4.67 Å². The van der Waals surface area contributed by atoms with Crippen molar-refractivity contribution in [1.82, 2.24) is 29.1 Å². The van der Waals surface area contributed by atoms with Crippen LogP contribution >= 0.6 is 26.9 Å². The van der Waals surface area contributed by atoms with E-state index in [4.69, 9.17) is 29.0 Å². The van der Waals surface area contributed by atoms with Crippen LogP contribution in [-0.4, -0.2) is 96.1 Å². The van der Waals surface area contributed by atoms with Gasteiger partial charge in [0.2, 0.25) is 7.66 Å². The summed E-state index contributed by atoms with van der Waals surface area (Å²) in [5.74, 6) is -0.872. The Morgan fingerprint density at radius 3 is 2.67 bits per heavy atom. The van der Waals surface area contributed by atoms with Crippen molar-refractivity contribution in [3.63, 3.8) is 0 Å². The van der Waals surface area contributed by atoms with Gasteiger partial charge in [-0.3, -0.25) is 32.5 Å². The molecule has 5 N–H and O–H groups in total. The molecule has 2 aliphatic rings. The van der Waals surface area contributed by atoms with Gasteiger partial charge in [0.15, 0.2) is 17.7 Å². The van der Waals surface area contributed by atoms with Crippen LogP contribution in [0.1, 0.15) is 18.9 Å². The van der Waals surface area contributed by atoms with Crippen LogP contribution in [0.3, 0.4) is 0 Å². The number of imidazole rings is 1. The number of phosphoric ester groups is 1. The van der Waals surface area contributed by atoms with E-state index >= 15 is 4.39 Å². The SMILES string of the molecule is CO[C@H]1[C@@H](OP(=O)(OO)OC[C@H]2O[C@@H](n3ccc(=O)[nH]c3=O)[C@H](CCO)[C@@H]2F)[C@H](n2cnc3c(N)ncnc32)O[C@@H]1CSP=O. The Hall–Kier alpha value is -2.68. The third-order valence-corrected chi connectivity index (χ3v) is 9.80. The monoisotopic (exact) mass is 695 g/mol. The number of halogens is 1. The topological polar surface area (TPSA) is 254 Å². The minimum absolute atomic E-state index is 0.0711. The van der Waals surface area contributed by atoms with Crippen molar-refractivity contribution in [3.05, 3.63) is 45.8 Å². The van der Waals surface area contributed by atoms with Gasteiger partial charge in [-0.25, -0.2) is 34.0 Å². The first-order chi connectivity index (χ1) is 21.6. The molecular weight excluding hydrogens is 667 g/mol. The zero-order valence-corrected chi connectivity index (χ0v) is 25.8. The number of methoxy groups -OCH3 is 1. The van der Waals surface area contributed by atoms with Crippen LogP contribution < -0.4 is 17.0 Å². The smallest absolute Gasteiger partial charge is 0.396 e. The number of hydrogen-bond donors (Lipinski definition) is 4. The molecule has 19 nitrogen and oxygen atoms in total. The molecule has 0 saturated carbocycles. The van der Waals surface area contributed by atoms with Crippen molar-refractivity contribution < 1.29 is 51.8 Å². The first-order valence-electron chi connectivity index (χ1n) is 13.2. The molecule has 23 heteroatoms. The Bertz CT molecular complexity index is 1660. The number of nitrogens with one attached hydrogen (secondary N) is 1. The number of H-pyrrole nitrogens is 1. The summed E-state index contributed by atoms with van der Waals surface area (Å²) in [5, 5.41) is 19.2. The lowest BCUT2D eigenvalue weighted by Gasteiger charge is -2.26. The Morgan fingerprint density at radius 1 is 1.20 bits per heavy atom. The lowest BCUT2D eigenvalue weighted by Crippen LogP contribution is -2.36. The van der Waals surface area contributed by atoms with E-state index in [9.17, 15) is 29.1 Å². The molecule has 2 aliphatic heterocycles. The molecule has 0 amide bonds. The average molecular weight is 696 g/mol. The highest BCUT2D eigenvalue weighted by molar-refractivity contribution is 8.45. The van der Waals surface area contributed by atoms with Crippen LogP contribution in [0.5, 0.6) is 0 Å². The summed E-state index contributed by atoms with van der Waals surface area (Å²) in [6.45, 7) is -1.26. The zero-order chi connectivity index (χ0) is 32.3. The Morgan fingerprint density at radius 2 is 1.98 bits per heavy atom. The summed E-state index contributed by atoms with van der Waals surface area (Å²) in [6.07, 6.45) is -5.47. The summed E-state index contributed by atoms with van der Waals surface area (Å²) >= 11 is 0.972. The van der Waals surface area contributed by atoms with Crippen molar-refractivity contribution in [3.8, 4) is 0 Å². The summed E-state index contributed by atoms with van der Waals surface area (Å²) in [7, 11) is -3.89. The molecule has 5 rings (SSSR count). The third-order valence-electron chi connectivity index (χ3n) is 7.29. The summed E-state index contributed by atoms with van der Waals surface area (Å²) in [6, 6.07) is 1.04. The lowest BCUT2D eigenvalue weighted by molar-refractivity contribution is -0.178. The third kappa shape index (κ3) is 6.89. The Labute approximate surface area is 257 Å². The number of phosphoric acid groups is 1. The molecule has 5 heterocycles. The zero-order valence-electron chi connectivity index (χ0n) is 23.2. The van der Waals surface area contributed by atoms with Gasteiger partial charge in [-0.2, -0.15) is 0 Å². The maximum absolute atomic E-state index is 15.5. The number of aromatic nitrogens is 6. The fourth-order valence-electron chi connectivity index (χ4n) is 5.28. The molecule has 3 aromatic rings. The van der Waals surface area contributed by atoms with E-state index in [1.165, 1.54) is 24.3 Å². The van der Waals surface area contributed by atoms with E-state index < -0.39 is 81.2 Å². The van der Waals surface area contributed by atoms with Crippen molar-refractivity contribution in [2.45, 2.75) is 49.5 Å². The van der Waals surface area contributed by atoms with Gasteiger partial charge in [0.1, 0.15) is 42.6 Å². The molecule has 1 unspecified atom stereocenters. The van der Waals surface area contributed by atoms with Crippen molar-refractivity contribution in [1.29, 1.82) is 0 Å². The lowest BCUT2D eigenvalue weighted by atomic mass is 9.97. The summed E-state index contributed by atoms with van der Waals surface area (Å²) in [5.41, 5.74) is 4.78. The van der Waals surface area contributed by atoms with E-state index in [-0.39, 0.29) is 36.8 Å². The number of aliphatic hydroxyl groups excluding tert-OH is 1. The van der Waals surface area contributed by atoms with Crippen molar-refractivity contribution in [2.24, 2.45) is 5.92 Å². The van der Waals surface area contributed by atoms with Gasteiger partial charge in [-0.05, 0) is 6.42 Å². The maximum Gasteiger partial charge on any atom is 0.502 e. The second-order valence-corrected chi connectivity index (χ2v) is 13.3. The number of ether oxygens (including phenoxy) is 3. The van der Waals surface area contributed by atoms with Gasteiger partial charge in [-0.1, -0.05) is 11.4 Å². The van der Waals surface area contributed by atoms with Gasteiger partial charge >= 0.3 is 13.5 Å². The first-order valence-corrected chi connectivity index (χ1v) is 17.0. The predicted octanol–water partition coefficient (Wildman–Crippen LogP) is 1.04. The highest BCUT2D eigenvalue weighted by Crippen LogP contribution is 2.54. The molecule has 3 aromatic heterocycles. The molecule has 0 spiro atoms. The van der Waals surface area contributed by atoms with Gasteiger partial charge in [0, 0.05) is 37.7 Å². The quantitative estimate of drug-likeness (QED) is 0.104. The van der Waals surface area contributed by atoms with Crippen molar-refractivity contribution in [2.75, 3.05) is 31.8 Å². The van der Waals surface area contributed by atoms with Crippen LogP contribution in [0.25, 0.3) is 11.2 Å². The number of rotatable bonds is 14. The second-order valence-electron chi connectivity index (χ2n) is 9.82. The number of nitrogens with zero attached hydrogens (tertiary/aromatic N) is 5. The summed E-state index contributed by atoms with van der Waals surface area (Å²) < 4.78 is 75.1. The fourth-order valence-corrected chi connectivity index (χ4v) is 7.38. The van der Waals surface area contributed by atoms with Gasteiger partial charge < -0.3 is 25.1 Å². The number of nitrogen functional groups attached to an aromatic ring is 1. The standard InChI is InChI=1S/C22H28FN7O12P2S/c1-37-16-12(7-45-43-35)40-21(30-9-27-15-18(24)25-8-26-19(15)30)17(16)41-44(36,42-34)38-6-11-14(23)10(3-5-31)20(39-11)29-4-2-13(32)28-22(29)33/h2,4,8-12,14,16-17,20-21,31,34H,3,5-7H2,1H3,(H2,24,25,26)(H,28,32,33)/t10-,11-,12-,14+,16-,17-,20-,21-,44?/m1/s1. The molecule has 246 valence electrons. The van der Waals surface area contributed by atoms with E-state index in [2.05, 4.69) is 19.6 Å². The summed E-state index contributed by atoms with van der Waals surface area (Å²) in [4.78, 5) is 38.2. The number of aliphatic hydroxyl groups is 1. The van der Waals surface area contributed by atoms with Gasteiger partial charge in [0.25, 0.3) is 5.56 Å². The Balaban J connectivity index is 1.39. The first kappa shape index (κ1) is 33.7. The minimum atomic E-state index is -4.96.